The van der Waals surface area contributed by atoms with Crippen LogP contribution in [0.2, 0.25) is 0 Å². The first-order valence-corrected chi connectivity index (χ1v) is 8.72. The molecule has 0 radical (unpaired) electrons. The van der Waals surface area contributed by atoms with E-state index < -0.39 is 0 Å². The van der Waals surface area contributed by atoms with Gasteiger partial charge in [0.1, 0.15) is 5.75 Å². The van der Waals surface area contributed by atoms with Crippen molar-refractivity contribution < 1.29 is 4.74 Å². The zero-order valence-corrected chi connectivity index (χ0v) is 14.2. The number of rotatable bonds is 7. The quantitative estimate of drug-likeness (QED) is 0.489. The predicted molar refractivity (Wildman–Crippen MR) is 92.2 cm³/mol. The molecule has 3 rings (SSSR count). The molecule has 0 fully saturated rings. The van der Waals surface area contributed by atoms with Crippen molar-refractivity contribution in [1.29, 1.82) is 0 Å². The Hall–Kier alpha value is -2.08. The van der Waals surface area contributed by atoms with Crippen LogP contribution in [0.3, 0.4) is 0 Å². The van der Waals surface area contributed by atoms with Crippen LogP contribution in [0.5, 0.6) is 5.75 Å². The molecule has 0 saturated carbocycles. The lowest BCUT2D eigenvalue weighted by Crippen LogP contribution is -1.98. The third-order valence-corrected chi connectivity index (χ3v) is 4.30. The van der Waals surface area contributed by atoms with E-state index in [0.29, 0.717) is 5.78 Å². The van der Waals surface area contributed by atoms with Gasteiger partial charge in [0.05, 0.1) is 6.61 Å². The van der Waals surface area contributed by atoms with Gasteiger partial charge in [-0.2, -0.15) is 4.98 Å². The van der Waals surface area contributed by atoms with E-state index in [2.05, 4.69) is 15.1 Å². The number of benzene rings is 1. The number of para-hydroxylation sites is 1. The Labute approximate surface area is 140 Å². The van der Waals surface area contributed by atoms with E-state index in [-0.39, 0.29) is 0 Å². The molecule has 120 valence electrons. The van der Waals surface area contributed by atoms with Gasteiger partial charge in [0.2, 0.25) is 5.16 Å². The Bertz CT molecular complexity index is 773. The van der Waals surface area contributed by atoms with Gasteiger partial charge in [-0.25, -0.2) is 9.50 Å². The molecule has 23 heavy (non-hydrogen) atoms. The molecule has 0 atom stereocenters. The van der Waals surface area contributed by atoms with Crippen LogP contribution < -0.4 is 4.74 Å². The van der Waals surface area contributed by atoms with Crippen molar-refractivity contribution in [3.63, 3.8) is 0 Å². The molecule has 2 heterocycles. The van der Waals surface area contributed by atoms with E-state index in [9.17, 15) is 0 Å². The Kier molecular flexibility index (Phi) is 5.12. The van der Waals surface area contributed by atoms with Crippen molar-refractivity contribution in [2.24, 2.45) is 0 Å². The highest BCUT2D eigenvalue weighted by molar-refractivity contribution is 7.99. The first kappa shape index (κ1) is 15.8. The van der Waals surface area contributed by atoms with Gasteiger partial charge < -0.3 is 4.74 Å². The van der Waals surface area contributed by atoms with Crippen molar-refractivity contribution in [1.82, 2.24) is 19.6 Å². The van der Waals surface area contributed by atoms with Gasteiger partial charge in [0, 0.05) is 17.1 Å². The Morgan fingerprint density at radius 3 is 2.74 bits per heavy atom. The monoisotopic (exact) mass is 328 g/mol. The van der Waals surface area contributed by atoms with Crippen LogP contribution in [-0.2, 0) is 0 Å². The molecule has 0 aliphatic rings. The highest BCUT2D eigenvalue weighted by Crippen LogP contribution is 2.17. The van der Waals surface area contributed by atoms with Crippen LogP contribution >= 0.6 is 11.8 Å². The average molecular weight is 328 g/mol. The number of unbranched alkanes of at least 4 members (excludes halogenated alkanes) is 1. The molecule has 3 aromatic rings. The van der Waals surface area contributed by atoms with Crippen molar-refractivity contribution >= 4 is 17.5 Å². The maximum absolute atomic E-state index is 5.68. The van der Waals surface area contributed by atoms with Crippen LogP contribution in [0.1, 0.15) is 24.2 Å². The van der Waals surface area contributed by atoms with Gasteiger partial charge in [-0.15, -0.1) is 5.10 Å². The topological polar surface area (TPSA) is 52.3 Å². The highest BCUT2D eigenvalue weighted by Gasteiger charge is 2.07. The molecule has 0 amide bonds. The summed E-state index contributed by atoms with van der Waals surface area (Å²) >= 11 is 1.67. The van der Waals surface area contributed by atoms with E-state index in [0.717, 1.165) is 47.5 Å². The fraction of sp³-hybridized carbons (Fsp3) is 0.353. The van der Waals surface area contributed by atoms with E-state index in [1.165, 1.54) is 0 Å². The van der Waals surface area contributed by atoms with Crippen LogP contribution in [0.25, 0.3) is 5.78 Å². The molecule has 0 aliphatic heterocycles. The van der Waals surface area contributed by atoms with Gasteiger partial charge in [-0.1, -0.05) is 30.0 Å². The number of hydrogen-bond acceptors (Lipinski definition) is 5. The molecule has 0 bridgehead atoms. The molecule has 5 nitrogen and oxygen atoms in total. The van der Waals surface area contributed by atoms with Crippen LogP contribution in [0.15, 0.2) is 41.6 Å². The number of aryl methyl sites for hydroxylation is 2. The zero-order valence-electron chi connectivity index (χ0n) is 13.4. The minimum absolute atomic E-state index is 0.678. The van der Waals surface area contributed by atoms with E-state index in [4.69, 9.17) is 4.74 Å². The van der Waals surface area contributed by atoms with Crippen LogP contribution in [0.4, 0.5) is 0 Å². The first-order chi connectivity index (χ1) is 11.2. The highest BCUT2D eigenvalue weighted by atomic mass is 32.2. The number of aromatic nitrogens is 4. The van der Waals surface area contributed by atoms with E-state index in [1.54, 1.807) is 16.3 Å². The van der Waals surface area contributed by atoms with Crippen molar-refractivity contribution in [3.8, 4) is 5.75 Å². The number of fused-ring (bicyclic) bond motifs is 1. The third kappa shape index (κ3) is 4.22. The Balaban J connectivity index is 1.43. The summed E-state index contributed by atoms with van der Waals surface area (Å²) < 4.78 is 7.48. The second kappa shape index (κ2) is 7.46. The lowest BCUT2D eigenvalue weighted by atomic mass is 10.3. The van der Waals surface area contributed by atoms with Crippen LogP contribution in [-0.4, -0.2) is 31.9 Å². The van der Waals surface area contributed by atoms with Gasteiger partial charge in [0.15, 0.2) is 0 Å². The molecule has 0 saturated heterocycles. The number of nitrogens with zero attached hydrogens (tertiary/aromatic N) is 4. The SMILES string of the molecule is Cc1cc(C)n2nc(SCCCCOc3ccccc3)nc2n1. The summed E-state index contributed by atoms with van der Waals surface area (Å²) in [5.41, 5.74) is 2.03. The fourth-order valence-electron chi connectivity index (χ4n) is 2.28. The van der Waals surface area contributed by atoms with Crippen molar-refractivity contribution in [2.45, 2.75) is 31.8 Å². The van der Waals surface area contributed by atoms with E-state index in [1.807, 2.05) is 50.2 Å². The summed E-state index contributed by atoms with van der Waals surface area (Å²) in [5, 5.41) is 5.28. The van der Waals surface area contributed by atoms with E-state index >= 15 is 0 Å². The number of hydrogen-bond donors (Lipinski definition) is 0. The predicted octanol–water partition coefficient (Wildman–Crippen LogP) is 3.69. The standard InChI is InChI=1S/C17H20N4OS/c1-13-12-14(2)21-16(18-13)19-17(20-21)23-11-7-6-10-22-15-8-4-3-5-9-15/h3-5,8-9,12H,6-7,10-11H2,1-2H3. The number of thioether (sulfide) groups is 1. The maximum atomic E-state index is 5.68. The largest absolute Gasteiger partial charge is 0.494 e. The second-order valence-electron chi connectivity index (χ2n) is 5.36. The molecule has 6 heteroatoms. The second-order valence-corrected chi connectivity index (χ2v) is 6.42. The molecule has 2 aromatic heterocycles. The lowest BCUT2D eigenvalue weighted by Gasteiger charge is -2.04. The molecule has 1 aromatic carbocycles. The number of ether oxygens (including phenoxy) is 1. The van der Waals surface area contributed by atoms with Gasteiger partial charge in [0.25, 0.3) is 5.78 Å². The van der Waals surface area contributed by atoms with Gasteiger partial charge >= 0.3 is 0 Å². The maximum Gasteiger partial charge on any atom is 0.253 e. The Morgan fingerprint density at radius 2 is 1.91 bits per heavy atom. The van der Waals surface area contributed by atoms with Crippen molar-refractivity contribution in [2.75, 3.05) is 12.4 Å². The third-order valence-electron chi connectivity index (χ3n) is 3.38. The van der Waals surface area contributed by atoms with Gasteiger partial charge in [-0.3, -0.25) is 0 Å². The zero-order chi connectivity index (χ0) is 16.1. The first-order valence-electron chi connectivity index (χ1n) is 7.74. The molecule has 0 spiro atoms. The summed E-state index contributed by atoms with van der Waals surface area (Å²) in [6.07, 6.45) is 2.09. The molecule has 0 unspecified atom stereocenters. The summed E-state index contributed by atoms with van der Waals surface area (Å²) in [7, 11) is 0. The van der Waals surface area contributed by atoms with Crippen molar-refractivity contribution in [3.05, 3.63) is 47.8 Å². The molecular weight excluding hydrogens is 308 g/mol. The Morgan fingerprint density at radius 1 is 1.09 bits per heavy atom. The smallest absolute Gasteiger partial charge is 0.253 e. The van der Waals surface area contributed by atoms with Crippen LogP contribution in [0, 0.1) is 13.8 Å². The molecular formula is C17H20N4OS. The summed E-state index contributed by atoms with van der Waals surface area (Å²) in [6, 6.07) is 11.9. The normalized spacial score (nSPS) is 11.0. The average Bonchev–Trinajstić information content (AvgIpc) is 2.95. The fourth-order valence-corrected chi connectivity index (χ4v) is 3.10. The summed E-state index contributed by atoms with van der Waals surface area (Å²) in [6.45, 7) is 4.73. The minimum atomic E-state index is 0.678. The van der Waals surface area contributed by atoms with Gasteiger partial charge in [-0.05, 0) is 44.9 Å². The lowest BCUT2D eigenvalue weighted by molar-refractivity contribution is 0.310. The summed E-state index contributed by atoms with van der Waals surface area (Å²) in [5.74, 6) is 2.59. The molecule has 0 N–H and O–H groups in total. The molecule has 0 aliphatic carbocycles. The summed E-state index contributed by atoms with van der Waals surface area (Å²) in [4.78, 5) is 8.88. The minimum Gasteiger partial charge on any atom is -0.494 e.